The van der Waals surface area contributed by atoms with Gasteiger partial charge in [0.25, 0.3) is 0 Å². The van der Waals surface area contributed by atoms with Crippen LogP contribution in [-0.2, 0) is 0 Å². The van der Waals surface area contributed by atoms with Gasteiger partial charge in [0.2, 0.25) is 0 Å². The number of imidazole rings is 1. The van der Waals surface area contributed by atoms with E-state index in [0.29, 0.717) is 6.04 Å². The molecule has 4 rings (SSSR count). The second-order valence-corrected chi connectivity index (χ2v) is 5.57. The van der Waals surface area contributed by atoms with E-state index in [-0.39, 0.29) is 0 Å². The Hall–Kier alpha value is -2.20. The van der Waals surface area contributed by atoms with Crippen LogP contribution in [0, 0.1) is 0 Å². The molecule has 0 amide bonds. The van der Waals surface area contributed by atoms with Gasteiger partial charge in [0.1, 0.15) is 0 Å². The Morgan fingerprint density at radius 2 is 2.19 bits per heavy atom. The molecule has 3 heterocycles. The summed E-state index contributed by atoms with van der Waals surface area (Å²) in [6.07, 6.45) is 9.45. The molecule has 0 bridgehead atoms. The molecular weight excluding hydrogens is 260 g/mol. The van der Waals surface area contributed by atoms with E-state index >= 15 is 0 Å². The zero-order valence-electron chi connectivity index (χ0n) is 11.9. The molecule has 1 aromatic carbocycles. The predicted molar refractivity (Wildman–Crippen MR) is 83.5 cm³/mol. The largest absolute Gasteiger partial charge is 0.309 e. The van der Waals surface area contributed by atoms with Crippen molar-refractivity contribution in [2.24, 2.45) is 0 Å². The number of benzene rings is 1. The third kappa shape index (κ3) is 2.32. The highest BCUT2D eigenvalue weighted by atomic mass is 15.1. The maximum atomic E-state index is 4.38. The van der Waals surface area contributed by atoms with E-state index < -0.39 is 0 Å². The maximum absolute atomic E-state index is 4.38. The van der Waals surface area contributed by atoms with Crippen molar-refractivity contribution >= 4 is 10.9 Å². The van der Waals surface area contributed by atoms with Gasteiger partial charge >= 0.3 is 0 Å². The van der Waals surface area contributed by atoms with Gasteiger partial charge in [0.05, 0.1) is 23.7 Å². The van der Waals surface area contributed by atoms with Gasteiger partial charge in [0.15, 0.2) is 0 Å². The van der Waals surface area contributed by atoms with Crippen LogP contribution in [0.25, 0.3) is 16.6 Å². The first-order valence-electron chi connectivity index (χ1n) is 7.52. The number of rotatable bonds is 2. The minimum atomic E-state index is 0.408. The van der Waals surface area contributed by atoms with Crippen molar-refractivity contribution in [3.63, 3.8) is 0 Å². The molecule has 4 nitrogen and oxygen atoms in total. The Morgan fingerprint density at radius 3 is 3.10 bits per heavy atom. The summed E-state index contributed by atoms with van der Waals surface area (Å²) in [4.78, 5) is 8.74. The van der Waals surface area contributed by atoms with Gasteiger partial charge in [0, 0.05) is 23.3 Å². The van der Waals surface area contributed by atoms with E-state index in [1.807, 2.05) is 24.8 Å². The van der Waals surface area contributed by atoms with Gasteiger partial charge < -0.3 is 9.88 Å². The Morgan fingerprint density at radius 1 is 1.19 bits per heavy atom. The molecule has 106 valence electrons. The molecular formula is C17H18N4. The Labute approximate surface area is 123 Å². The van der Waals surface area contributed by atoms with Crippen LogP contribution in [0.5, 0.6) is 0 Å². The quantitative estimate of drug-likeness (QED) is 0.782. The van der Waals surface area contributed by atoms with E-state index in [4.69, 9.17) is 0 Å². The molecule has 4 heteroatoms. The van der Waals surface area contributed by atoms with Crippen molar-refractivity contribution in [1.82, 2.24) is 19.9 Å². The summed E-state index contributed by atoms with van der Waals surface area (Å²) in [5.74, 6) is 0. The average Bonchev–Trinajstić information content (AvgIpc) is 3.05. The number of pyridine rings is 1. The standard InChI is InChI=1S/C17H18N4/c1-2-8-20-16(5-1)17-11-18-12-21(17)14-6-7-15-13(10-14)4-3-9-19-15/h3-4,6-7,9-12,16,20H,1-2,5,8H2. The smallest absolute Gasteiger partial charge is 0.0994 e. The molecule has 2 aromatic heterocycles. The topological polar surface area (TPSA) is 42.7 Å². The maximum Gasteiger partial charge on any atom is 0.0994 e. The molecule has 0 aliphatic carbocycles. The normalized spacial score (nSPS) is 19.0. The molecule has 1 fully saturated rings. The molecule has 21 heavy (non-hydrogen) atoms. The van der Waals surface area contributed by atoms with Crippen molar-refractivity contribution in [2.75, 3.05) is 6.54 Å². The SMILES string of the molecule is c1cnc2ccc(-n3cncc3C3CCCCN3)cc2c1. The van der Waals surface area contributed by atoms with Crippen molar-refractivity contribution < 1.29 is 0 Å². The first kappa shape index (κ1) is 12.5. The highest BCUT2D eigenvalue weighted by Crippen LogP contribution is 2.26. The van der Waals surface area contributed by atoms with Gasteiger partial charge in [-0.25, -0.2) is 4.98 Å². The molecule has 0 saturated carbocycles. The van der Waals surface area contributed by atoms with Gasteiger partial charge in [-0.3, -0.25) is 4.98 Å². The highest BCUT2D eigenvalue weighted by molar-refractivity contribution is 5.80. The van der Waals surface area contributed by atoms with Gasteiger partial charge in [-0.15, -0.1) is 0 Å². The minimum Gasteiger partial charge on any atom is -0.309 e. The van der Waals surface area contributed by atoms with Crippen LogP contribution in [0.4, 0.5) is 0 Å². The van der Waals surface area contributed by atoms with Crippen molar-refractivity contribution in [3.8, 4) is 5.69 Å². The van der Waals surface area contributed by atoms with Crippen LogP contribution < -0.4 is 5.32 Å². The number of fused-ring (bicyclic) bond motifs is 1. The first-order chi connectivity index (χ1) is 10.4. The fraction of sp³-hybridized carbons (Fsp3) is 0.294. The lowest BCUT2D eigenvalue weighted by Crippen LogP contribution is -2.28. The summed E-state index contributed by atoms with van der Waals surface area (Å²) in [6, 6.07) is 10.8. The van der Waals surface area contributed by atoms with E-state index in [1.54, 1.807) is 0 Å². The number of hydrogen-bond donors (Lipinski definition) is 1. The molecule has 1 aliphatic heterocycles. The first-order valence-corrected chi connectivity index (χ1v) is 7.52. The lowest BCUT2D eigenvalue weighted by Gasteiger charge is -2.24. The second kappa shape index (κ2) is 5.30. The van der Waals surface area contributed by atoms with Crippen LogP contribution in [0.3, 0.4) is 0 Å². The van der Waals surface area contributed by atoms with Crippen LogP contribution >= 0.6 is 0 Å². The predicted octanol–water partition coefficient (Wildman–Crippen LogP) is 3.24. The summed E-state index contributed by atoms with van der Waals surface area (Å²) in [7, 11) is 0. The highest BCUT2D eigenvalue weighted by Gasteiger charge is 2.19. The number of piperidine rings is 1. The van der Waals surface area contributed by atoms with Gasteiger partial charge in [-0.1, -0.05) is 12.5 Å². The number of nitrogens with zero attached hydrogens (tertiary/aromatic N) is 3. The number of aromatic nitrogens is 3. The van der Waals surface area contributed by atoms with Gasteiger partial charge in [-0.2, -0.15) is 0 Å². The minimum absolute atomic E-state index is 0.408. The van der Waals surface area contributed by atoms with Crippen LogP contribution in [-0.4, -0.2) is 21.1 Å². The third-order valence-electron chi connectivity index (χ3n) is 4.20. The fourth-order valence-corrected chi connectivity index (χ4v) is 3.10. The number of nitrogens with one attached hydrogen (secondary N) is 1. The molecule has 1 atom stereocenters. The number of hydrogen-bond acceptors (Lipinski definition) is 3. The zero-order valence-corrected chi connectivity index (χ0v) is 11.9. The van der Waals surface area contributed by atoms with E-state index in [9.17, 15) is 0 Å². The van der Waals surface area contributed by atoms with Crippen LogP contribution in [0.2, 0.25) is 0 Å². The third-order valence-corrected chi connectivity index (χ3v) is 4.20. The van der Waals surface area contributed by atoms with Gasteiger partial charge in [-0.05, 0) is 43.7 Å². The van der Waals surface area contributed by atoms with Crippen LogP contribution in [0.15, 0.2) is 49.1 Å². The summed E-state index contributed by atoms with van der Waals surface area (Å²) in [6.45, 7) is 1.09. The summed E-state index contributed by atoms with van der Waals surface area (Å²) in [5.41, 5.74) is 3.42. The summed E-state index contributed by atoms with van der Waals surface area (Å²) in [5, 5.41) is 4.75. The molecule has 1 saturated heterocycles. The van der Waals surface area contributed by atoms with Crippen molar-refractivity contribution in [1.29, 1.82) is 0 Å². The van der Waals surface area contributed by atoms with E-state index in [2.05, 4.69) is 44.1 Å². The van der Waals surface area contributed by atoms with Crippen molar-refractivity contribution in [3.05, 3.63) is 54.7 Å². The summed E-state index contributed by atoms with van der Waals surface area (Å²) < 4.78 is 2.19. The molecule has 1 N–H and O–H groups in total. The second-order valence-electron chi connectivity index (χ2n) is 5.57. The average molecular weight is 278 g/mol. The Kier molecular flexibility index (Phi) is 3.16. The van der Waals surface area contributed by atoms with E-state index in [0.717, 1.165) is 23.1 Å². The fourth-order valence-electron chi connectivity index (χ4n) is 3.10. The molecule has 0 radical (unpaired) electrons. The Balaban J connectivity index is 1.76. The van der Waals surface area contributed by atoms with E-state index in [1.165, 1.54) is 25.0 Å². The molecule has 3 aromatic rings. The lowest BCUT2D eigenvalue weighted by atomic mass is 10.0. The molecule has 1 unspecified atom stereocenters. The summed E-state index contributed by atoms with van der Waals surface area (Å²) >= 11 is 0. The lowest BCUT2D eigenvalue weighted by molar-refractivity contribution is 0.402. The Bertz CT molecular complexity index is 756. The monoisotopic (exact) mass is 278 g/mol. The zero-order chi connectivity index (χ0) is 14.1. The van der Waals surface area contributed by atoms with Crippen LogP contribution in [0.1, 0.15) is 31.0 Å². The molecule has 1 aliphatic rings. The van der Waals surface area contributed by atoms with Crippen molar-refractivity contribution in [2.45, 2.75) is 25.3 Å². The molecule has 0 spiro atoms.